The van der Waals surface area contributed by atoms with Crippen molar-refractivity contribution in [2.45, 2.75) is 25.6 Å². The lowest BCUT2D eigenvalue weighted by atomic mass is 10.00. The van der Waals surface area contributed by atoms with E-state index >= 15 is 0 Å². The maximum atomic E-state index is 13.9. The van der Waals surface area contributed by atoms with Crippen LogP contribution in [0.4, 0.5) is 19.0 Å². The number of nitrogens with one attached hydrogen (secondary N) is 1. The fraction of sp³-hybridized carbons (Fsp3) is 0.179. The van der Waals surface area contributed by atoms with Crippen molar-refractivity contribution >= 4 is 29.0 Å². The van der Waals surface area contributed by atoms with Crippen LogP contribution in [0.15, 0.2) is 73.1 Å². The van der Waals surface area contributed by atoms with Gasteiger partial charge in [-0.3, -0.25) is 13.9 Å². The largest absolute Gasteiger partial charge is 0.417 e. The summed E-state index contributed by atoms with van der Waals surface area (Å²) in [6.45, 7) is 3.29. The Labute approximate surface area is 226 Å². The molecule has 0 aliphatic rings. The number of halogens is 4. The molecule has 2 aromatic carbocycles. The van der Waals surface area contributed by atoms with Crippen molar-refractivity contribution in [3.63, 3.8) is 0 Å². The number of pyridine rings is 1. The third-order valence-corrected chi connectivity index (χ3v) is 6.57. The van der Waals surface area contributed by atoms with E-state index in [1.54, 1.807) is 43.6 Å². The van der Waals surface area contributed by atoms with Gasteiger partial charge in [0.1, 0.15) is 17.2 Å². The van der Waals surface area contributed by atoms with Crippen molar-refractivity contribution in [2.75, 3.05) is 5.32 Å². The minimum absolute atomic E-state index is 0.0504. The Bertz CT molecular complexity index is 1700. The summed E-state index contributed by atoms with van der Waals surface area (Å²) in [5.74, 6) is -0.435. The van der Waals surface area contributed by atoms with E-state index in [1.807, 2.05) is 30.3 Å². The van der Waals surface area contributed by atoms with Gasteiger partial charge in [0.15, 0.2) is 0 Å². The molecule has 0 saturated carbocycles. The molecule has 2 N–H and O–H groups in total. The van der Waals surface area contributed by atoms with Gasteiger partial charge in [-0.05, 0) is 49.7 Å². The highest BCUT2D eigenvalue weighted by atomic mass is 35.5. The Morgan fingerprint density at radius 1 is 1.03 bits per heavy atom. The molecule has 0 aliphatic carbocycles. The molecule has 0 radical (unpaired) electrons. The smallest absolute Gasteiger partial charge is 0.386 e. The number of carbonyl (C=O) groups excluding carboxylic acids is 1. The van der Waals surface area contributed by atoms with Crippen molar-refractivity contribution in [3.8, 4) is 22.5 Å². The number of benzene rings is 2. The normalized spacial score (nSPS) is 12.2. The maximum Gasteiger partial charge on any atom is 0.417 e. The molecule has 0 fully saturated rings. The molecule has 0 saturated heterocycles. The zero-order valence-corrected chi connectivity index (χ0v) is 21.8. The first-order valence-electron chi connectivity index (χ1n) is 11.9. The van der Waals surface area contributed by atoms with Crippen LogP contribution < -0.4 is 5.32 Å². The number of aliphatic hydroxyl groups is 1. The minimum Gasteiger partial charge on any atom is -0.386 e. The van der Waals surface area contributed by atoms with Crippen LogP contribution in [0.1, 0.15) is 35.3 Å². The Kier molecular flexibility index (Phi) is 6.48. The highest BCUT2D eigenvalue weighted by molar-refractivity contribution is 6.34. The molecule has 5 aromatic rings. The number of hydrogen-bond donors (Lipinski definition) is 2. The topological polar surface area (TPSA) is 84.5 Å². The SMILES string of the molecule is Cn1ccc(-c2cc(C(=O)Nc3c(-c4ccccc4)nc4cc(C(C)(C)O)ccn34)c(Cl)cc2C(F)(F)F)n1. The van der Waals surface area contributed by atoms with Crippen LogP contribution in [-0.2, 0) is 18.8 Å². The molecular weight excluding hydrogens is 531 g/mol. The number of hydrogen-bond acceptors (Lipinski definition) is 4. The fourth-order valence-electron chi connectivity index (χ4n) is 4.27. The van der Waals surface area contributed by atoms with Gasteiger partial charge in [-0.2, -0.15) is 18.3 Å². The third kappa shape index (κ3) is 5.13. The first-order chi connectivity index (χ1) is 18.3. The number of imidazole rings is 1. The van der Waals surface area contributed by atoms with Crippen LogP contribution >= 0.6 is 11.6 Å². The summed E-state index contributed by atoms with van der Waals surface area (Å²) in [6, 6.07) is 15.8. The number of aryl methyl sites for hydroxylation is 1. The number of carbonyl (C=O) groups is 1. The lowest BCUT2D eigenvalue weighted by Crippen LogP contribution is -2.17. The van der Waals surface area contributed by atoms with E-state index in [4.69, 9.17) is 11.6 Å². The Hall–Kier alpha value is -4.15. The lowest BCUT2D eigenvalue weighted by Gasteiger charge is -2.18. The molecule has 3 heterocycles. The second-order valence-electron chi connectivity index (χ2n) is 9.58. The van der Waals surface area contributed by atoms with Gasteiger partial charge in [0.05, 0.1) is 27.4 Å². The van der Waals surface area contributed by atoms with Gasteiger partial charge in [-0.15, -0.1) is 0 Å². The quantitative estimate of drug-likeness (QED) is 0.258. The van der Waals surface area contributed by atoms with Crippen LogP contribution in [0, 0.1) is 0 Å². The van der Waals surface area contributed by atoms with Crippen LogP contribution in [0.3, 0.4) is 0 Å². The number of alkyl halides is 3. The number of fused-ring (bicyclic) bond motifs is 1. The highest BCUT2D eigenvalue weighted by Gasteiger charge is 2.36. The molecule has 11 heteroatoms. The first kappa shape index (κ1) is 26.5. The summed E-state index contributed by atoms with van der Waals surface area (Å²) in [6.07, 6.45) is -1.55. The molecule has 5 rings (SSSR count). The average Bonchev–Trinajstić information content (AvgIpc) is 3.46. The van der Waals surface area contributed by atoms with Crippen LogP contribution in [-0.4, -0.2) is 30.2 Å². The Balaban J connectivity index is 1.64. The van der Waals surface area contributed by atoms with Gasteiger partial charge in [-0.25, -0.2) is 4.98 Å². The van der Waals surface area contributed by atoms with Crippen molar-refractivity contribution in [1.29, 1.82) is 0 Å². The Morgan fingerprint density at radius 2 is 1.74 bits per heavy atom. The van der Waals surface area contributed by atoms with Crippen molar-refractivity contribution in [3.05, 3.63) is 94.8 Å². The predicted octanol–water partition coefficient (Wildman–Crippen LogP) is 6.55. The summed E-state index contributed by atoms with van der Waals surface area (Å²) in [5.41, 5.74) is -0.296. The summed E-state index contributed by atoms with van der Waals surface area (Å²) < 4.78 is 44.6. The molecule has 7 nitrogen and oxygen atoms in total. The summed E-state index contributed by atoms with van der Waals surface area (Å²) in [7, 11) is 1.58. The average molecular weight is 554 g/mol. The molecule has 0 unspecified atom stereocenters. The number of rotatable bonds is 5. The second kappa shape index (κ2) is 9.55. The molecule has 200 valence electrons. The molecule has 0 atom stereocenters. The number of aromatic nitrogens is 4. The summed E-state index contributed by atoms with van der Waals surface area (Å²) >= 11 is 6.24. The van der Waals surface area contributed by atoms with E-state index in [1.165, 1.54) is 16.9 Å². The van der Waals surface area contributed by atoms with E-state index in [-0.39, 0.29) is 21.8 Å². The van der Waals surface area contributed by atoms with Gasteiger partial charge in [-0.1, -0.05) is 41.9 Å². The van der Waals surface area contributed by atoms with Crippen LogP contribution in [0.2, 0.25) is 5.02 Å². The minimum atomic E-state index is -4.72. The zero-order chi connectivity index (χ0) is 28.1. The molecule has 39 heavy (non-hydrogen) atoms. The van der Waals surface area contributed by atoms with Crippen LogP contribution in [0.25, 0.3) is 28.2 Å². The number of amides is 1. The van der Waals surface area contributed by atoms with E-state index < -0.39 is 23.2 Å². The number of nitrogens with zero attached hydrogens (tertiary/aromatic N) is 4. The van der Waals surface area contributed by atoms with E-state index in [0.717, 1.165) is 12.1 Å². The fourth-order valence-corrected chi connectivity index (χ4v) is 4.52. The maximum absolute atomic E-state index is 13.9. The second-order valence-corrected chi connectivity index (χ2v) is 9.99. The lowest BCUT2D eigenvalue weighted by molar-refractivity contribution is -0.137. The standard InChI is InChI=1S/C28H23ClF3N5O2/c1-27(2,39)17-9-12-37-23(13-17)33-24(16-7-5-4-6-8-16)25(37)34-26(38)19-14-18(22-10-11-36(3)35-22)20(15-21(19)29)28(30,31)32/h4-15,39H,1-3H3,(H,34,38). The molecule has 1 amide bonds. The van der Waals surface area contributed by atoms with Crippen LogP contribution in [0.5, 0.6) is 0 Å². The predicted molar refractivity (Wildman–Crippen MR) is 142 cm³/mol. The summed E-state index contributed by atoms with van der Waals surface area (Å²) in [5, 5.41) is 17.0. The molecule has 0 aliphatic heterocycles. The monoisotopic (exact) mass is 553 g/mol. The van der Waals surface area contributed by atoms with Gasteiger partial charge in [0, 0.05) is 30.6 Å². The molecule has 3 aromatic heterocycles. The highest BCUT2D eigenvalue weighted by Crippen LogP contribution is 2.40. The molecule has 0 bridgehead atoms. The van der Waals surface area contributed by atoms with E-state index in [2.05, 4.69) is 15.4 Å². The van der Waals surface area contributed by atoms with Crippen molar-refractivity contribution in [1.82, 2.24) is 19.2 Å². The van der Waals surface area contributed by atoms with Gasteiger partial charge < -0.3 is 10.4 Å². The molecular formula is C28H23ClF3N5O2. The van der Waals surface area contributed by atoms with E-state index in [0.29, 0.717) is 28.3 Å². The van der Waals surface area contributed by atoms with Gasteiger partial charge >= 0.3 is 6.18 Å². The van der Waals surface area contributed by atoms with Gasteiger partial charge in [0.25, 0.3) is 5.91 Å². The zero-order valence-electron chi connectivity index (χ0n) is 21.1. The van der Waals surface area contributed by atoms with Crippen molar-refractivity contribution in [2.24, 2.45) is 7.05 Å². The Morgan fingerprint density at radius 3 is 2.36 bits per heavy atom. The summed E-state index contributed by atoms with van der Waals surface area (Å²) in [4.78, 5) is 18.2. The van der Waals surface area contributed by atoms with Crippen molar-refractivity contribution < 1.29 is 23.1 Å². The third-order valence-electron chi connectivity index (χ3n) is 6.26. The first-order valence-corrected chi connectivity index (χ1v) is 12.2. The van der Waals surface area contributed by atoms with E-state index in [9.17, 15) is 23.1 Å². The van der Waals surface area contributed by atoms with Gasteiger partial charge in [0.2, 0.25) is 0 Å². The molecule has 0 spiro atoms. The number of anilines is 1.